The number of piperidine rings is 1. The Hall–Kier alpha value is -3.91. The maximum absolute atomic E-state index is 14.2. The molecule has 4 atom stereocenters. The lowest BCUT2D eigenvalue weighted by atomic mass is 9.84. The molecule has 0 radical (unpaired) electrons. The van der Waals surface area contributed by atoms with Crippen LogP contribution >= 0.6 is 11.6 Å². The fourth-order valence-electron chi connectivity index (χ4n) is 6.46. The Labute approximate surface area is 290 Å². The standard InChI is InChI=1S/C37H34ClF5N2O5/c1-20-27(18-45-16-14-37(48,15-17-45)24-8-10-25(38)11-9-24)49-36(50-34(20)22-4-2-21(19-46)3-5-22)23-6-12-26(13-7-23)44-35(47)28-29(39)31(41)33(43)32(42)30(28)40/h2-13,20,27,34,36,46,48H,14-19H2,1H3,(H,44,47)/t20-,27+,34+,36+/m1/s1. The summed E-state index contributed by atoms with van der Waals surface area (Å²) in [5.41, 5.74) is 0.430. The van der Waals surface area contributed by atoms with Gasteiger partial charge in [-0.25, -0.2) is 22.0 Å². The number of nitrogens with zero attached hydrogens (tertiary/aromatic N) is 1. The van der Waals surface area contributed by atoms with Gasteiger partial charge < -0.3 is 29.9 Å². The Kier molecular flexibility index (Phi) is 10.6. The number of rotatable bonds is 8. The molecular formula is C37H34ClF5N2O5. The van der Waals surface area contributed by atoms with E-state index in [-0.39, 0.29) is 24.3 Å². The molecule has 2 saturated heterocycles. The first-order valence-electron chi connectivity index (χ1n) is 16.0. The van der Waals surface area contributed by atoms with E-state index < -0.39 is 58.6 Å². The molecule has 2 aliphatic rings. The van der Waals surface area contributed by atoms with Crippen molar-refractivity contribution in [1.82, 2.24) is 4.90 Å². The highest BCUT2D eigenvalue weighted by atomic mass is 35.5. The first kappa shape index (κ1) is 35.9. The van der Waals surface area contributed by atoms with E-state index in [9.17, 15) is 37.0 Å². The van der Waals surface area contributed by atoms with Crippen LogP contribution in [0.15, 0.2) is 72.8 Å². The number of benzene rings is 4. The van der Waals surface area contributed by atoms with Crippen molar-refractivity contribution in [3.8, 4) is 0 Å². The lowest BCUT2D eigenvalue weighted by Crippen LogP contribution is -2.49. The molecule has 264 valence electrons. The van der Waals surface area contributed by atoms with Crippen LogP contribution < -0.4 is 5.32 Å². The van der Waals surface area contributed by atoms with Gasteiger partial charge in [-0.1, -0.05) is 67.1 Å². The number of carbonyl (C=O) groups is 1. The SMILES string of the molecule is C[C@@H]1[C@H](CN2CCC(O)(c3ccc(Cl)cc3)CC2)O[C@H](c2ccc(NC(=O)c3c(F)c(F)c(F)c(F)c3F)cc2)O[C@@H]1c1ccc(CO)cc1. The normalized spacial score (nSPS) is 22.3. The van der Waals surface area contributed by atoms with Gasteiger partial charge in [0.1, 0.15) is 5.56 Å². The average molecular weight is 717 g/mol. The van der Waals surface area contributed by atoms with E-state index in [1.165, 1.54) is 12.1 Å². The molecule has 0 aliphatic carbocycles. The van der Waals surface area contributed by atoms with Gasteiger partial charge in [-0.2, -0.15) is 0 Å². The number of nitrogens with one attached hydrogen (secondary N) is 1. The molecule has 2 aliphatic heterocycles. The van der Waals surface area contributed by atoms with Gasteiger partial charge in [0.15, 0.2) is 29.6 Å². The molecule has 0 aromatic heterocycles. The second kappa shape index (κ2) is 14.7. The van der Waals surface area contributed by atoms with Crippen LogP contribution in [-0.4, -0.2) is 46.8 Å². The zero-order chi connectivity index (χ0) is 35.7. The smallest absolute Gasteiger partial charge is 0.261 e. The highest BCUT2D eigenvalue weighted by Crippen LogP contribution is 2.43. The number of aliphatic hydroxyl groups excluding tert-OH is 1. The van der Waals surface area contributed by atoms with Crippen LogP contribution in [0.2, 0.25) is 5.02 Å². The summed E-state index contributed by atoms with van der Waals surface area (Å²) in [5.74, 6) is -12.9. The monoisotopic (exact) mass is 716 g/mol. The second-order valence-electron chi connectivity index (χ2n) is 12.7. The Morgan fingerprint density at radius 2 is 1.40 bits per heavy atom. The minimum absolute atomic E-state index is 0.0288. The zero-order valence-electron chi connectivity index (χ0n) is 26.8. The molecule has 6 rings (SSSR count). The largest absolute Gasteiger partial charge is 0.392 e. The molecule has 4 aromatic carbocycles. The van der Waals surface area contributed by atoms with E-state index in [0.29, 0.717) is 43.1 Å². The van der Waals surface area contributed by atoms with E-state index >= 15 is 0 Å². The lowest BCUT2D eigenvalue weighted by Gasteiger charge is -2.45. The van der Waals surface area contributed by atoms with Crippen LogP contribution in [-0.2, 0) is 21.7 Å². The lowest BCUT2D eigenvalue weighted by molar-refractivity contribution is -0.277. The van der Waals surface area contributed by atoms with Crippen molar-refractivity contribution in [1.29, 1.82) is 0 Å². The topological polar surface area (TPSA) is 91.3 Å². The van der Waals surface area contributed by atoms with Crippen molar-refractivity contribution in [2.24, 2.45) is 5.92 Å². The van der Waals surface area contributed by atoms with E-state index in [2.05, 4.69) is 10.2 Å². The number of hydrogen-bond donors (Lipinski definition) is 3. The van der Waals surface area contributed by atoms with Crippen LogP contribution in [0, 0.1) is 35.0 Å². The molecule has 13 heteroatoms. The van der Waals surface area contributed by atoms with Crippen LogP contribution in [0.5, 0.6) is 0 Å². The fourth-order valence-corrected chi connectivity index (χ4v) is 6.58. The summed E-state index contributed by atoms with van der Waals surface area (Å²) in [7, 11) is 0. The van der Waals surface area contributed by atoms with Crippen LogP contribution in [0.25, 0.3) is 0 Å². The van der Waals surface area contributed by atoms with Crippen molar-refractivity contribution in [2.45, 2.75) is 50.5 Å². The van der Waals surface area contributed by atoms with E-state index in [1.54, 1.807) is 24.3 Å². The number of halogens is 6. The summed E-state index contributed by atoms with van der Waals surface area (Å²) in [4.78, 5) is 14.8. The van der Waals surface area contributed by atoms with E-state index in [4.69, 9.17) is 21.1 Å². The third kappa shape index (κ3) is 7.27. The first-order valence-corrected chi connectivity index (χ1v) is 16.4. The van der Waals surface area contributed by atoms with Gasteiger partial charge in [-0.05, 0) is 53.8 Å². The second-order valence-corrected chi connectivity index (χ2v) is 13.1. The molecule has 7 nitrogen and oxygen atoms in total. The predicted molar refractivity (Wildman–Crippen MR) is 175 cm³/mol. The number of likely N-dealkylation sites (tertiary alicyclic amines) is 1. The molecule has 0 unspecified atom stereocenters. The third-order valence-electron chi connectivity index (χ3n) is 9.50. The fraction of sp³-hybridized carbons (Fsp3) is 0.324. The molecular weight excluding hydrogens is 683 g/mol. The minimum atomic E-state index is -2.36. The summed E-state index contributed by atoms with van der Waals surface area (Å²) < 4.78 is 82.2. The molecule has 2 heterocycles. The van der Waals surface area contributed by atoms with Crippen molar-refractivity contribution in [2.75, 3.05) is 25.0 Å². The highest BCUT2D eigenvalue weighted by Gasteiger charge is 2.41. The summed E-state index contributed by atoms with van der Waals surface area (Å²) in [5, 5.41) is 23.7. The van der Waals surface area contributed by atoms with Crippen molar-refractivity contribution < 1.29 is 46.4 Å². The van der Waals surface area contributed by atoms with Crippen molar-refractivity contribution in [3.05, 3.63) is 135 Å². The van der Waals surface area contributed by atoms with Crippen molar-refractivity contribution >= 4 is 23.2 Å². The summed E-state index contributed by atoms with van der Waals surface area (Å²) in [6.07, 6.45) is -0.600. The van der Waals surface area contributed by atoms with Crippen LogP contribution in [0.3, 0.4) is 0 Å². The summed E-state index contributed by atoms with van der Waals surface area (Å²) >= 11 is 6.04. The zero-order valence-corrected chi connectivity index (χ0v) is 27.6. The number of anilines is 1. The minimum Gasteiger partial charge on any atom is -0.392 e. The maximum Gasteiger partial charge on any atom is 0.261 e. The van der Waals surface area contributed by atoms with Gasteiger partial charge in [0.2, 0.25) is 5.82 Å². The number of aliphatic hydroxyl groups is 2. The average Bonchev–Trinajstić information content (AvgIpc) is 3.12. The Balaban J connectivity index is 1.19. The number of ether oxygens (including phenoxy) is 2. The molecule has 0 bridgehead atoms. The highest BCUT2D eigenvalue weighted by molar-refractivity contribution is 6.30. The number of carbonyl (C=O) groups excluding carboxylic acids is 1. The van der Waals surface area contributed by atoms with Gasteiger partial charge in [0, 0.05) is 41.8 Å². The van der Waals surface area contributed by atoms with Gasteiger partial charge in [-0.15, -0.1) is 0 Å². The van der Waals surface area contributed by atoms with Gasteiger partial charge >= 0.3 is 0 Å². The van der Waals surface area contributed by atoms with E-state index in [1.807, 2.05) is 43.3 Å². The summed E-state index contributed by atoms with van der Waals surface area (Å²) in [6.45, 7) is 3.69. The molecule has 0 saturated carbocycles. The maximum atomic E-state index is 14.2. The third-order valence-corrected chi connectivity index (χ3v) is 9.76. The molecule has 4 aromatic rings. The number of hydrogen-bond acceptors (Lipinski definition) is 6. The molecule has 2 fully saturated rings. The Bertz CT molecular complexity index is 1810. The van der Waals surface area contributed by atoms with Gasteiger partial charge in [0.05, 0.1) is 24.4 Å². The Morgan fingerprint density at radius 3 is 1.98 bits per heavy atom. The van der Waals surface area contributed by atoms with Crippen molar-refractivity contribution in [3.63, 3.8) is 0 Å². The molecule has 3 N–H and O–H groups in total. The molecule has 50 heavy (non-hydrogen) atoms. The van der Waals surface area contributed by atoms with Gasteiger partial charge in [0.25, 0.3) is 5.91 Å². The predicted octanol–water partition coefficient (Wildman–Crippen LogP) is 7.56. The van der Waals surface area contributed by atoms with Crippen LogP contribution in [0.4, 0.5) is 27.6 Å². The van der Waals surface area contributed by atoms with E-state index in [0.717, 1.165) is 16.7 Å². The quantitative estimate of drug-likeness (QED) is 0.0992. The molecule has 1 amide bonds. The Morgan fingerprint density at radius 1 is 0.840 bits per heavy atom. The number of amides is 1. The first-order chi connectivity index (χ1) is 23.9. The van der Waals surface area contributed by atoms with Gasteiger partial charge in [-0.3, -0.25) is 4.79 Å². The molecule has 0 spiro atoms. The summed E-state index contributed by atoms with van der Waals surface area (Å²) in [6, 6.07) is 20.5. The van der Waals surface area contributed by atoms with Crippen LogP contribution in [0.1, 0.15) is 64.8 Å².